The fraction of sp³-hybridized carbons (Fsp3) is 0.412. The van der Waals surface area contributed by atoms with Crippen LogP contribution in [0.5, 0.6) is 0 Å². The van der Waals surface area contributed by atoms with Crippen molar-refractivity contribution in [2.45, 2.75) is 5.92 Å². The van der Waals surface area contributed by atoms with Gasteiger partial charge >= 0.3 is 0 Å². The van der Waals surface area contributed by atoms with Crippen LogP contribution in [0.1, 0.15) is 11.5 Å². The first-order valence-electron chi connectivity index (χ1n) is 7.30. The van der Waals surface area contributed by atoms with E-state index in [9.17, 15) is 15.8 Å². The lowest BCUT2D eigenvalue weighted by Crippen LogP contribution is -2.52. The molecule has 0 aromatic carbocycles. The van der Waals surface area contributed by atoms with Gasteiger partial charge in [-0.05, 0) is 24.3 Å². The lowest BCUT2D eigenvalue weighted by molar-refractivity contribution is 0.234. The Hall–Kier alpha value is -2.88. The minimum atomic E-state index is -1.65. The number of rotatable bonds is 1. The minimum absolute atomic E-state index is 0.122. The summed E-state index contributed by atoms with van der Waals surface area (Å²) in [5.74, 6) is -1.48. The highest BCUT2D eigenvalue weighted by molar-refractivity contribution is 6.00. The largest absolute Gasteiger partial charge is 0.472 e. The van der Waals surface area contributed by atoms with Gasteiger partial charge in [0.25, 0.3) is 0 Å². The van der Waals surface area contributed by atoms with Crippen LogP contribution in [0.2, 0.25) is 0 Å². The molecule has 1 N–H and O–H groups in total. The van der Waals surface area contributed by atoms with E-state index in [4.69, 9.17) is 9.83 Å². The van der Waals surface area contributed by atoms with Crippen LogP contribution in [-0.4, -0.2) is 30.7 Å². The van der Waals surface area contributed by atoms with Crippen molar-refractivity contribution in [3.63, 3.8) is 0 Å². The number of nitrogens with one attached hydrogen (secondary N) is 1. The second kappa shape index (κ2) is 5.39. The highest BCUT2D eigenvalue weighted by Gasteiger charge is 2.57. The molecule has 6 nitrogen and oxygen atoms in total. The summed E-state index contributed by atoms with van der Waals surface area (Å²) in [6, 6.07) is 7.94. The molecule has 0 spiro atoms. The van der Waals surface area contributed by atoms with E-state index in [2.05, 4.69) is 11.0 Å². The third-order valence-electron chi connectivity index (χ3n) is 4.88. The number of nitrogens with zero attached hydrogens (tertiary/aromatic N) is 4. The maximum absolute atomic E-state index is 9.76. The van der Waals surface area contributed by atoms with E-state index in [0.717, 1.165) is 11.1 Å². The SMILES string of the molecule is CN1CC=C2C(C#N)C(=N)C(C#N)(C#N)[C@@H](c3ccoc3)[C@@H]2C1. The van der Waals surface area contributed by atoms with Gasteiger partial charge in [-0.15, -0.1) is 0 Å². The Labute approximate surface area is 134 Å². The van der Waals surface area contributed by atoms with Gasteiger partial charge in [-0.25, -0.2) is 0 Å². The molecule has 114 valence electrons. The van der Waals surface area contributed by atoms with Crippen molar-refractivity contribution in [3.05, 3.63) is 35.8 Å². The summed E-state index contributed by atoms with van der Waals surface area (Å²) in [6.07, 6.45) is 4.99. The molecule has 1 saturated carbocycles. The van der Waals surface area contributed by atoms with Crippen molar-refractivity contribution < 1.29 is 4.42 Å². The van der Waals surface area contributed by atoms with Crippen LogP contribution in [0.3, 0.4) is 0 Å². The molecule has 1 aromatic rings. The van der Waals surface area contributed by atoms with E-state index in [1.807, 2.05) is 25.3 Å². The van der Waals surface area contributed by atoms with Crippen LogP contribution >= 0.6 is 0 Å². The number of hydrogen-bond acceptors (Lipinski definition) is 6. The first kappa shape index (κ1) is 15.0. The first-order valence-corrected chi connectivity index (χ1v) is 7.30. The Morgan fingerprint density at radius 2 is 2.09 bits per heavy atom. The Bertz CT molecular complexity index is 772. The van der Waals surface area contributed by atoms with E-state index in [-0.39, 0.29) is 11.6 Å². The second-order valence-corrected chi connectivity index (χ2v) is 6.07. The molecule has 1 aromatic heterocycles. The molecule has 1 unspecified atom stereocenters. The standard InChI is InChI=1S/C17H15N5O/c1-22-4-2-12-13(6-18)16(21)17(9-19,10-20)15(14(12)7-22)11-3-5-23-8-11/h2-3,5,8,13-15,21H,4,7H2,1H3/t13?,14-,15+/m1/s1. The molecule has 2 aliphatic rings. The quantitative estimate of drug-likeness (QED) is 0.798. The monoisotopic (exact) mass is 305 g/mol. The zero-order valence-electron chi connectivity index (χ0n) is 12.7. The molecule has 23 heavy (non-hydrogen) atoms. The van der Waals surface area contributed by atoms with Gasteiger partial charge in [0.2, 0.25) is 0 Å². The average molecular weight is 305 g/mol. The minimum Gasteiger partial charge on any atom is -0.472 e. The molecule has 0 saturated heterocycles. The van der Waals surface area contributed by atoms with Crippen molar-refractivity contribution in [2.75, 3.05) is 20.1 Å². The molecule has 0 amide bonds. The summed E-state index contributed by atoms with van der Waals surface area (Å²) in [4.78, 5) is 2.09. The van der Waals surface area contributed by atoms with Crippen LogP contribution < -0.4 is 0 Å². The first-order chi connectivity index (χ1) is 11.1. The number of furan rings is 1. The van der Waals surface area contributed by atoms with Gasteiger partial charge in [-0.3, -0.25) is 0 Å². The van der Waals surface area contributed by atoms with Crippen molar-refractivity contribution in [3.8, 4) is 18.2 Å². The summed E-state index contributed by atoms with van der Waals surface area (Å²) in [6.45, 7) is 1.33. The van der Waals surface area contributed by atoms with Crippen molar-refractivity contribution in [1.82, 2.24) is 4.90 Å². The topological polar surface area (TPSA) is 112 Å². The zero-order chi connectivity index (χ0) is 16.6. The molecule has 2 heterocycles. The Morgan fingerprint density at radius 1 is 1.35 bits per heavy atom. The third-order valence-corrected chi connectivity index (χ3v) is 4.88. The van der Waals surface area contributed by atoms with Crippen LogP contribution in [0.15, 0.2) is 34.7 Å². The van der Waals surface area contributed by atoms with Crippen molar-refractivity contribution in [1.29, 1.82) is 21.2 Å². The molecule has 6 heteroatoms. The Kier molecular flexibility index (Phi) is 3.52. The second-order valence-electron chi connectivity index (χ2n) is 6.07. The number of fused-ring (bicyclic) bond motifs is 1. The Balaban J connectivity index is 2.25. The predicted octanol–water partition coefficient (Wildman–Crippen LogP) is 2.06. The summed E-state index contributed by atoms with van der Waals surface area (Å²) in [7, 11) is 1.96. The molecule has 1 fully saturated rings. The van der Waals surface area contributed by atoms with Crippen molar-refractivity contribution in [2.24, 2.45) is 17.3 Å². The molecule has 1 aliphatic heterocycles. The molecule has 3 rings (SSSR count). The van der Waals surface area contributed by atoms with Gasteiger partial charge in [0.1, 0.15) is 5.92 Å². The van der Waals surface area contributed by atoms with E-state index in [0.29, 0.717) is 13.1 Å². The van der Waals surface area contributed by atoms with E-state index in [1.165, 1.54) is 12.5 Å². The third kappa shape index (κ3) is 1.99. The van der Waals surface area contributed by atoms with Gasteiger partial charge < -0.3 is 14.7 Å². The Morgan fingerprint density at radius 3 is 2.65 bits per heavy atom. The van der Waals surface area contributed by atoms with Gasteiger partial charge in [-0.2, -0.15) is 15.8 Å². The van der Waals surface area contributed by atoms with Crippen LogP contribution in [-0.2, 0) is 0 Å². The lowest BCUT2D eigenvalue weighted by atomic mass is 9.54. The van der Waals surface area contributed by atoms with E-state index in [1.54, 1.807) is 6.07 Å². The molecule has 0 bridgehead atoms. The molecular formula is C17H15N5O. The molecular weight excluding hydrogens is 290 g/mol. The predicted molar refractivity (Wildman–Crippen MR) is 81.0 cm³/mol. The fourth-order valence-corrected chi connectivity index (χ4v) is 3.78. The lowest BCUT2D eigenvalue weighted by Gasteiger charge is -2.46. The number of hydrogen-bond donors (Lipinski definition) is 1. The van der Waals surface area contributed by atoms with Gasteiger partial charge in [0.05, 0.1) is 36.4 Å². The molecule has 3 atom stereocenters. The zero-order valence-corrected chi connectivity index (χ0v) is 12.7. The maximum Gasteiger partial charge on any atom is 0.189 e. The summed E-state index contributed by atoms with van der Waals surface area (Å²) in [5.41, 5.74) is -0.198. The van der Waals surface area contributed by atoms with Gasteiger partial charge in [0.15, 0.2) is 5.41 Å². The maximum atomic E-state index is 9.76. The van der Waals surface area contributed by atoms with Crippen LogP contribution in [0.25, 0.3) is 0 Å². The molecule has 1 aliphatic carbocycles. The molecule has 0 radical (unpaired) electrons. The summed E-state index contributed by atoms with van der Waals surface area (Å²) >= 11 is 0. The van der Waals surface area contributed by atoms with Crippen LogP contribution in [0.4, 0.5) is 0 Å². The highest BCUT2D eigenvalue weighted by atomic mass is 16.3. The number of nitriles is 3. The van der Waals surface area contributed by atoms with Crippen LogP contribution in [0, 0.1) is 56.7 Å². The summed E-state index contributed by atoms with van der Waals surface area (Å²) in [5, 5.41) is 37.5. The van der Waals surface area contributed by atoms with Gasteiger partial charge in [-0.1, -0.05) is 6.08 Å². The van der Waals surface area contributed by atoms with E-state index < -0.39 is 17.3 Å². The normalized spacial score (nSPS) is 29.6. The smallest absolute Gasteiger partial charge is 0.189 e. The summed E-state index contributed by atoms with van der Waals surface area (Å²) < 4.78 is 5.16. The van der Waals surface area contributed by atoms with Crippen molar-refractivity contribution >= 4 is 5.71 Å². The average Bonchev–Trinajstić information content (AvgIpc) is 3.08. The highest BCUT2D eigenvalue weighted by Crippen LogP contribution is 2.53. The fourth-order valence-electron chi connectivity index (χ4n) is 3.78. The van der Waals surface area contributed by atoms with Gasteiger partial charge in [0, 0.05) is 24.9 Å². The van der Waals surface area contributed by atoms with E-state index >= 15 is 0 Å². The number of likely N-dealkylation sites (N-methyl/N-ethyl adjacent to an activating group) is 1.